The van der Waals surface area contributed by atoms with E-state index < -0.39 is 23.8 Å². The van der Waals surface area contributed by atoms with E-state index in [0.29, 0.717) is 89.5 Å². The summed E-state index contributed by atoms with van der Waals surface area (Å²) < 4.78 is 28.8. The van der Waals surface area contributed by atoms with Crippen LogP contribution in [0.5, 0.6) is 28.7 Å². The number of aromatic nitrogens is 3. The normalized spacial score (nSPS) is 20.5. The number of carboxylic acid groups (broad SMARTS) is 1. The Kier molecular flexibility index (Phi) is 11.1. The van der Waals surface area contributed by atoms with Crippen LogP contribution in [-0.2, 0) is 14.4 Å². The number of hydrogen-bond acceptors (Lipinski definition) is 12. The molecule has 9 rings (SSSR count). The fourth-order valence-electron chi connectivity index (χ4n) is 9.10. The van der Waals surface area contributed by atoms with Gasteiger partial charge >= 0.3 is 5.97 Å². The summed E-state index contributed by atoms with van der Waals surface area (Å²) in [4.78, 5) is 67.8. The number of benzene rings is 2. The minimum Gasteiger partial charge on any atom is -0.493 e. The molecule has 1 saturated heterocycles. The maximum atomic E-state index is 14.2. The van der Waals surface area contributed by atoms with E-state index in [1.807, 2.05) is 24.3 Å². The van der Waals surface area contributed by atoms with Gasteiger partial charge in [-0.25, -0.2) is 15.0 Å². The van der Waals surface area contributed by atoms with Crippen LogP contribution < -0.4 is 29.0 Å². The summed E-state index contributed by atoms with van der Waals surface area (Å²) in [6.45, 7) is 1.18. The third-order valence-electron chi connectivity index (χ3n) is 12.5. The van der Waals surface area contributed by atoms with Gasteiger partial charge in [0.1, 0.15) is 29.3 Å². The van der Waals surface area contributed by atoms with Gasteiger partial charge < -0.3 is 44.0 Å². The molecule has 3 N–H and O–H groups in total. The smallest absolute Gasteiger partial charge is 0.303 e. The molecule has 0 unspecified atom stereocenters. The van der Waals surface area contributed by atoms with E-state index in [9.17, 15) is 24.3 Å². The number of hydrogen-bond donors (Lipinski definition) is 3. The highest BCUT2D eigenvalue weighted by Gasteiger charge is 2.44. The third kappa shape index (κ3) is 7.88. The Balaban J connectivity index is 0.926. The summed E-state index contributed by atoms with van der Waals surface area (Å²) in [5, 5.41) is 19.1. The van der Waals surface area contributed by atoms with Crippen LogP contribution >= 0.6 is 0 Å². The van der Waals surface area contributed by atoms with E-state index in [0.717, 1.165) is 49.8 Å². The van der Waals surface area contributed by atoms with E-state index in [1.54, 1.807) is 30.2 Å². The molecule has 0 bridgehead atoms. The number of ether oxygens (including phenoxy) is 5. The number of piperidine rings is 1. The van der Waals surface area contributed by atoms with Gasteiger partial charge in [-0.15, -0.1) is 0 Å². The van der Waals surface area contributed by atoms with Crippen LogP contribution in [0.2, 0.25) is 0 Å². The molecule has 3 aliphatic heterocycles. The maximum absolute atomic E-state index is 14.2. The topological polar surface area (TPSA) is 207 Å². The van der Waals surface area contributed by atoms with E-state index in [1.165, 1.54) is 12.5 Å². The van der Waals surface area contributed by atoms with Gasteiger partial charge in [0.15, 0.2) is 23.0 Å². The highest BCUT2D eigenvalue weighted by atomic mass is 16.7. The quantitative estimate of drug-likeness (QED) is 0.151. The van der Waals surface area contributed by atoms with E-state index in [4.69, 9.17) is 28.8 Å². The SMILES string of the molecule is COc1ccc(C2=NN(C3CCN(C(=O)[C@@H](CCC(=O)O)NC(=O)c4c[nH]c5c(-c6c(OCC7CC7)ccc7c6OCO7)ncnc45)CC3)C(=O)[C@@H]3CCCC[C@H]23)cc1OC. The molecule has 320 valence electrons. The van der Waals surface area contributed by atoms with Gasteiger partial charge in [-0.1, -0.05) is 12.8 Å². The van der Waals surface area contributed by atoms with Crippen LogP contribution in [0.15, 0.2) is 48.0 Å². The monoisotopic (exact) mass is 835 g/mol. The Hall–Kier alpha value is -6.39. The number of carbonyl (C=O) groups is 4. The molecule has 0 spiro atoms. The Labute approximate surface area is 351 Å². The van der Waals surface area contributed by atoms with Crippen LogP contribution in [0.4, 0.5) is 0 Å². The molecule has 3 atom stereocenters. The van der Waals surface area contributed by atoms with Gasteiger partial charge in [0.25, 0.3) is 5.91 Å². The van der Waals surface area contributed by atoms with Gasteiger partial charge in [-0.05, 0) is 81.2 Å². The number of methoxy groups -OCH3 is 2. The van der Waals surface area contributed by atoms with E-state index in [2.05, 4.69) is 20.3 Å². The number of H-pyrrole nitrogens is 1. The molecule has 61 heavy (non-hydrogen) atoms. The first-order chi connectivity index (χ1) is 29.7. The van der Waals surface area contributed by atoms with E-state index >= 15 is 0 Å². The Morgan fingerprint density at radius 3 is 2.48 bits per heavy atom. The molecule has 2 aromatic heterocycles. The minimum absolute atomic E-state index is 0.00262. The third-order valence-corrected chi connectivity index (χ3v) is 12.5. The van der Waals surface area contributed by atoms with Crippen LogP contribution in [0, 0.1) is 17.8 Å². The van der Waals surface area contributed by atoms with Gasteiger partial charge in [-0.2, -0.15) is 5.10 Å². The average molecular weight is 836 g/mol. The number of carbonyl (C=O) groups excluding carboxylic acids is 3. The van der Waals surface area contributed by atoms with Crippen molar-refractivity contribution in [2.24, 2.45) is 22.9 Å². The number of rotatable bonds is 14. The lowest BCUT2D eigenvalue weighted by Crippen LogP contribution is -2.55. The zero-order valence-corrected chi connectivity index (χ0v) is 34.2. The fourth-order valence-corrected chi connectivity index (χ4v) is 9.10. The number of nitrogens with zero attached hydrogens (tertiary/aromatic N) is 5. The lowest BCUT2D eigenvalue weighted by atomic mass is 9.73. The van der Waals surface area contributed by atoms with Gasteiger partial charge in [-0.3, -0.25) is 19.2 Å². The summed E-state index contributed by atoms with van der Waals surface area (Å²) in [5.74, 6) is 0.997. The predicted octanol–water partition coefficient (Wildman–Crippen LogP) is 5.17. The number of nitrogens with one attached hydrogen (secondary N) is 2. The second kappa shape index (κ2) is 16.9. The standard InChI is InChI=1S/C44H49N7O10/c1-57-31-11-9-25(19-34(31)58-2)37-27-5-3-4-6-28(27)43(55)51(49-37)26-15-17-50(18-16-26)44(56)30(10-14-35(52)53)48-42(54)29-20-45-40-38(29)46-22-47-39(40)36-32(59-21-24-7-8-24)12-13-33-41(36)61-23-60-33/h9,11-13,19-20,22,24,26-28,30,45H,3-8,10,14-18,21,23H2,1-2H3,(H,48,54)(H,52,53)/t27-,28+,30+/m0/s1. The van der Waals surface area contributed by atoms with Crippen molar-refractivity contribution < 1.29 is 48.0 Å². The summed E-state index contributed by atoms with van der Waals surface area (Å²) in [7, 11) is 3.18. The summed E-state index contributed by atoms with van der Waals surface area (Å²) >= 11 is 0. The van der Waals surface area contributed by atoms with Crippen molar-refractivity contribution in [1.82, 2.24) is 30.2 Å². The fraction of sp³-hybridized carbons (Fsp3) is 0.477. The number of amides is 3. The van der Waals surface area contributed by atoms with Crippen LogP contribution in [0.1, 0.15) is 80.1 Å². The number of aliphatic carboxylic acids is 1. The molecule has 3 amide bonds. The second-order valence-electron chi connectivity index (χ2n) is 16.3. The second-order valence-corrected chi connectivity index (χ2v) is 16.3. The molecule has 17 heteroatoms. The molecule has 2 aromatic carbocycles. The van der Waals surface area contributed by atoms with Crippen molar-refractivity contribution >= 4 is 40.4 Å². The first kappa shape index (κ1) is 40.0. The van der Waals surface area contributed by atoms with Crippen LogP contribution in [0.3, 0.4) is 0 Å². The Morgan fingerprint density at radius 2 is 1.72 bits per heavy atom. The molecule has 5 heterocycles. The van der Waals surface area contributed by atoms with Gasteiger partial charge in [0.2, 0.25) is 18.6 Å². The average Bonchev–Trinajstić information content (AvgIpc) is 3.81. The summed E-state index contributed by atoms with van der Waals surface area (Å²) in [5.41, 5.74) is 3.66. The molecule has 17 nitrogen and oxygen atoms in total. The highest BCUT2D eigenvalue weighted by Crippen LogP contribution is 2.48. The molecule has 5 aliphatic rings. The molecule has 4 aromatic rings. The van der Waals surface area contributed by atoms with Crippen LogP contribution in [-0.4, -0.2) is 112 Å². The minimum atomic E-state index is -1.13. The zero-order valence-electron chi connectivity index (χ0n) is 34.2. The van der Waals surface area contributed by atoms with Crippen molar-refractivity contribution in [1.29, 1.82) is 0 Å². The Morgan fingerprint density at radius 1 is 0.951 bits per heavy atom. The van der Waals surface area contributed by atoms with E-state index in [-0.39, 0.29) is 49.0 Å². The van der Waals surface area contributed by atoms with Crippen molar-refractivity contribution in [2.45, 2.75) is 76.3 Å². The predicted molar refractivity (Wildman–Crippen MR) is 220 cm³/mol. The van der Waals surface area contributed by atoms with Crippen molar-refractivity contribution in [3.8, 4) is 40.0 Å². The Bertz CT molecular complexity index is 2390. The van der Waals surface area contributed by atoms with Gasteiger partial charge in [0, 0.05) is 43.1 Å². The highest BCUT2D eigenvalue weighted by molar-refractivity contribution is 6.09. The first-order valence-corrected chi connectivity index (χ1v) is 21.1. The summed E-state index contributed by atoms with van der Waals surface area (Å²) in [6.07, 6.45) is 9.18. The number of carboxylic acids is 1. The van der Waals surface area contributed by atoms with Gasteiger partial charge in [0.05, 0.1) is 49.2 Å². The van der Waals surface area contributed by atoms with Crippen molar-refractivity contribution in [3.05, 3.63) is 54.0 Å². The largest absolute Gasteiger partial charge is 0.493 e. The molecular formula is C44H49N7O10. The molecule has 3 fully saturated rings. The maximum Gasteiger partial charge on any atom is 0.303 e. The first-order valence-electron chi connectivity index (χ1n) is 21.1. The zero-order chi connectivity index (χ0) is 42.2. The lowest BCUT2D eigenvalue weighted by Gasteiger charge is -2.43. The van der Waals surface area contributed by atoms with Crippen molar-refractivity contribution in [3.63, 3.8) is 0 Å². The molecule has 2 aliphatic carbocycles. The number of hydrazone groups is 1. The molecular weight excluding hydrogens is 787 g/mol. The number of likely N-dealkylation sites (tertiary alicyclic amines) is 1. The van der Waals surface area contributed by atoms with Crippen LogP contribution in [0.25, 0.3) is 22.3 Å². The van der Waals surface area contributed by atoms with Crippen molar-refractivity contribution in [2.75, 3.05) is 40.7 Å². The lowest BCUT2D eigenvalue weighted by molar-refractivity contribution is -0.143. The molecule has 2 saturated carbocycles. The number of fused-ring (bicyclic) bond motifs is 3. The molecule has 0 radical (unpaired) electrons. The summed E-state index contributed by atoms with van der Waals surface area (Å²) in [6, 6.07) is 7.95. The number of aromatic amines is 1.